The lowest BCUT2D eigenvalue weighted by Gasteiger charge is -2.08. The van der Waals surface area contributed by atoms with E-state index in [1.165, 1.54) is 23.4 Å². The number of nitrogens with zero attached hydrogens (tertiary/aromatic N) is 2. The first-order chi connectivity index (χ1) is 10.0. The Balaban J connectivity index is 1.92. The second-order valence-electron chi connectivity index (χ2n) is 4.16. The van der Waals surface area contributed by atoms with E-state index < -0.39 is 17.4 Å². The molecule has 1 aromatic carbocycles. The molecule has 1 fully saturated rings. The molecule has 0 radical (unpaired) electrons. The van der Waals surface area contributed by atoms with E-state index in [-0.39, 0.29) is 23.2 Å². The van der Waals surface area contributed by atoms with Crippen LogP contribution in [-0.4, -0.2) is 53.0 Å². The van der Waals surface area contributed by atoms with E-state index in [9.17, 15) is 19.8 Å². The molecule has 3 amide bonds. The lowest BCUT2D eigenvalue weighted by atomic mass is 10.2. The number of rotatable bonds is 4. The molecule has 0 atom stereocenters. The van der Waals surface area contributed by atoms with Crippen molar-refractivity contribution in [1.82, 2.24) is 15.6 Å². The molecule has 112 valence electrons. The predicted octanol–water partition coefficient (Wildman–Crippen LogP) is 0.492. The molecule has 4 N–H and O–H groups in total. The normalized spacial score (nSPS) is 14.5. The molecule has 8 nitrogen and oxygen atoms in total. The predicted molar refractivity (Wildman–Crippen MR) is 75.7 cm³/mol. The number of hydrazone groups is 1. The number of carbonyl (C=O) groups excluding carboxylic acids is 2. The summed E-state index contributed by atoms with van der Waals surface area (Å²) in [4.78, 5) is 23.0. The van der Waals surface area contributed by atoms with Gasteiger partial charge in [0.25, 0.3) is 5.91 Å². The van der Waals surface area contributed by atoms with E-state index >= 15 is 0 Å². The van der Waals surface area contributed by atoms with Gasteiger partial charge in [0.2, 0.25) is 0 Å². The van der Waals surface area contributed by atoms with Crippen molar-refractivity contribution in [2.75, 3.05) is 19.6 Å². The maximum Gasteiger partial charge on any atom is 0.337 e. The van der Waals surface area contributed by atoms with Crippen molar-refractivity contribution in [3.8, 4) is 11.5 Å². The van der Waals surface area contributed by atoms with Gasteiger partial charge in [0.15, 0.2) is 11.5 Å². The number of phenols is 2. The van der Waals surface area contributed by atoms with E-state index in [1.807, 2.05) is 0 Å². The molecule has 1 aliphatic rings. The summed E-state index contributed by atoms with van der Waals surface area (Å²) in [5, 5.41) is 28.7. The Morgan fingerprint density at radius 3 is 2.95 bits per heavy atom. The van der Waals surface area contributed by atoms with Crippen molar-refractivity contribution >= 4 is 29.8 Å². The van der Waals surface area contributed by atoms with Crippen molar-refractivity contribution in [3.05, 3.63) is 22.7 Å². The van der Waals surface area contributed by atoms with Crippen molar-refractivity contribution in [3.63, 3.8) is 0 Å². The maximum atomic E-state index is 11.8. The SMILES string of the molecule is O=C(NC/C=N/N1CCNC1=O)c1ccc(O)c(O)c1Cl. The van der Waals surface area contributed by atoms with Crippen molar-refractivity contribution in [1.29, 1.82) is 0 Å². The van der Waals surface area contributed by atoms with Crippen LogP contribution < -0.4 is 10.6 Å². The molecule has 0 saturated carbocycles. The molecule has 0 bridgehead atoms. The van der Waals surface area contributed by atoms with Gasteiger partial charge in [0.05, 0.1) is 23.7 Å². The van der Waals surface area contributed by atoms with Crippen LogP contribution >= 0.6 is 11.6 Å². The lowest BCUT2D eigenvalue weighted by Crippen LogP contribution is -2.27. The summed E-state index contributed by atoms with van der Waals surface area (Å²) in [6.07, 6.45) is 1.37. The van der Waals surface area contributed by atoms with Gasteiger partial charge in [-0.05, 0) is 12.1 Å². The molecule has 1 aliphatic heterocycles. The fourth-order valence-corrected chi connectivity index (χ4v) is 1.92. The first-order valence-electron chi connectivity index (χ1n) is 6.07. The number of nitrogens with one attached hydrogen (secondary N) is 2. The highest BCUT2D eigenvalue weighted by Gasteiger charge is 2.18. The van der Waals surface area contributed by atoms with Crippen LogP contribution in [0.5, 0.6) is 11.5 Å². The average Bonchev–Trinajstić information content (AvgIpc) is 2.86. The quantitative estimate of drug-likeness (QED) is 0.478. The minimum absolute atomic E-state index is 0.0271. The van der Waals surface area contributed by atoms with Gasteiger partial charge in [0.1, 0.15) is 0 Å². The van der Waals surface area contributed by atoms with Gasteiger partial charge in [-0.1, -0.05) is 11.6 Å². The highest BCUT2D eigenvalue weighted by molar-refractivity contribution is 6.35. The number of hydrogen-bond donors (Lipinski definition) is 4. The summed E-state index contributed by atoms with van der Waals surface area (Å²) in [5.74, 6) is -1.49. The van der Waals surface area contributed by atoms with Gasteiger partial charge in [-0.15, -0.1) is 0 Å². The van der Waals surface area contributed by atoms with Gasteiger partial charge in [-0.25, -0.2) is 9.80 Å². The van der Waals surface area contributed by atoms with Crippen molar-refractivity contribution in [2.24, 2.45) is 5.10 Å². The summed E-state index contributed by atoms with van der Waals surface area (Å²) >= 11 is 5.76. The molecule has 0 spiro atoms. The largest absolute Gasteiger partial charge is 0.504 e. The maximum absolute atomic E-state index is 11.8. The van der Waals surface area contributed by atoms with Crippen LogP contribution in [0.25, 0.3) is 0 Å². The molecule has 1 heterocycles. The van der Waals surface area contributed by atoms with Gasteiger partial charge < -0.3 is 20.8 Å². The molecule has 21 heavy (non-hydrogen) atoms. The molecule has 0 aromatic heterocycles. The van der Waals surface area contributed by atoms with Crippen LogP contribution in [0.2, 0.25) is 5.02 Å². The number of carbonyl (C=O) groups is 2. The summed E-state index contributed by atoms with van der Waals surface area (Å²) in [6, 6.07) is 2.17. The van der Waals surface area contributed by atoms with Gasteiger partial charge >= 0.3 is 6.03 Å². The summed E-state index contributed by atoms with van der Waals surface area (Å²) in [5.41, 5.74) is 0.0271. The van der Waals surface area contributed by atoms with Gasteiger partial charge in [-0.2, -0.15) is 5.10 Å². The number of halogens is 1. The smallest absolute Gasteiger partial charge is 0.337 e. The van der Waals surface area contributed by atoms with Gasteiger partial charge in [-0.3, -0.25) is 4.79 Å². The number of benzene rings is 1. The highest BCUT2D eigenvalue weighted by atomic mass is 35.5. The first kappa shape index (κ1) is 14.9. The number of aromatic hydroxyl groups is 2. The number of amides is 3. The third-order valence-electron chi connectivity index (χ3n) is 2.75. The first-order valence-corrected chi connectivity index (χ1v) is 6.45. The minimum Gasteiger partial charge on any atom is -0.504 e. The molecule has 0 unspecified atom stereocenters. The highest BCUT2D eigenvalue weighted by Crippen LogP contribution is 2.35. The van der Waals surface area contributed by atoms with Crippen LogP contribution in [0, 0.1) is 0 Å². The van der Waals surface area contributed by atoms with E-state index in [0.717, 1.165) is 0 Å². The Bertz CT molecular complexity index is 605. The zero-order chi connectivity index (χ0) is 15.4. The second kappa shape index (κ2) is 6.31. The molecule has 0 aliphatic carbocycles. The van der Waals surface area contributed by atoms with Crippen molar-refractivity contribution in [2.45, 2.75) is 0 Å². The Morgan fingerprint density at radius 1 is 1.52 bits per heavy atom. The molecule has 2 rings (SSSR count). The number of hydrogen-bond acceptors (Lipinski definition) is 5. The van der Waals surface area contributed by atoms with Crippen LogP contribution in [-0.2, 0) is 0 Å². The van der Waals surface area contributed by atoms with E-state index in [2.05, 4.69) is 15.7 Å². The Morgan fingerprint density at radius 2 is 2.29 bits per heavy atom. The van der Waals surface area contributed by atoms with Crippen LogP contribution in [0.15, 0.2) is 17.2 Å². The van der Waals surface area contributed by atoms with Crippen LogP contribution in [0.1, 0.15) is 10.4 Å². The monoisotopic (exact) mass is 312 g/mol. The van der Waals surface area contributed by atoms with E-state index in [1.54, 1.807) is 0 Å². The van der Waals surface area contributed by atoms with Gasteiger partial charge in [0, 0.05) is 12.8 Å². The van der Waals surface area contributed by atoms with Crippen LogP contribution in [0.3, 0.4) is 0 Å². The summed E-state index contributed by atoms with van der Waals surface area (Å²) in [6.45, 7) is 1.09. The lowest BCUT2D eigenvalue weighted by molar-refractivity contribution is 0.0959. The Kier molecular flexibility index (Phi) is 4.49. The summed E-state index contributed by atoms with van der Waals surface area (Å²) in [7, 11) is 0. The van der Waals surface area contributed by atoms with E-state index in [4.69, 9.17) is 11.6 Å². The molecule has 1 saturated heterocycles. The Hall–Kier alpha value is -2.48. The molecular weight excluding hydrogens is 300 g/mol. The van der Waals surface area contributed by atoms with Crippen molar-refractivity contribution < 1.29 is 19.8 Å². The molecule has 1 aromatic rings. The zero-order valence-electron chi connectivity index (χ0n) is 10.8. The zero-order valence-corrected chi connectivity index (χ0v) is 11.6. The third-order valence-corrected chi connectivity index (χ3v) is 3.13. The number of phenolic OH excluding ortho intramolecular Hbond substituents is 2. The third kappa shape index (κ3) is 3.34. The second-order valence-corrected chi connectivity index (χ2v) is 4.54. The molecule has 9 heteroatoms. The average molecular weight is 313 g/mol. The van der Waals surface area contributed by atoms with Crippen LogP contribution in [0.4, 0.5) is 4.79 Å². The number of urea groups is 1. The Labute approximate surface area is 125 Å². The van der Waals surface area contributed by atoms with E-state index in [0.29, 0.717) is 13.1 Å². The fraction of sp³-hybridized carbons (Fsp3) is 0.250. The standard InChI is InChI=1S/C12H13ClN4O4/c13-9-7(1-2-8(18)10(9)19)11(20)14-3-4-16-17-6-5-15-12(17)21/h1-2,4,18-19H,3,5-6H2,(H,14,20)(H,15,21)/b16-4+. The topological polar surface area (TPSA) is 114 Å². The minimum atomic E-state index is -0.549. The fourth-order valence-electron chi connectivity index (χ4n) is 1.67. The summed E-state index contributed by atoms with van der Waals surface area (Å²) < 4.78 is 0. The molecular formula is C12H13ClN4O4.